The number of hydrogen-bond acceptors (Lipinski definition) is 7. The van der Waals surface area contributed by atoms with Gasteiger partial charge in [0.2, 0.25) is 0 Å². The second-order valence-electron chi connectivity index (χ2n) is 8.68. The van der Waals surface area contributed by atoms with E-state index in [1.807, 2.05) is 36.7 Å². The number of unbranched alkanes of at least 4 members (excludes halogenated alkanes) is 5. The average Bonchev–Trinajstić information content (AvgIpc) is 2.86. The van der Waals surface area contributed by atoms with Gasteiger partial charge in [-0.2, -0.15) is 0 Å². The van der Waals surface area contributed by atoms with Gasteiger partial charge >= 0.3 is 5.97 Å². The quantitative estimate of drug-likeness (QED) is 0.171. The Labute approximate surface area is 207 Å². The van der Waals surface area contributed by atoms with E-state index in [0.717, 1.165) is 17.7 Å². The van der Waals surface area contributed by atoms with Crippen LogP contribution in [0.3, 0.4) is 0 Å². The molecule has 0 fully saturated rings. The SMILES string of the molecule is CCCCCCCCc1cnc(-c2ccc(OCCCOC(=O)c3cc(N)cc(N)c3)cc2)nc1. The standard InChI is InChI=1S/C28H36N4O3/c1-2-3-4-5-6-7-9-21-19-31-27(32-20-21)22-10-12-26(13-11-22)34-14-8-15-35-28(33)23-16-24(29)18-25(30)17-23/h10-13,16-20H,2-9,14-15,29-30H2,1H3. The summed E-state index contributed by atoms with van der Waals surface area (Å²) in [6, 6.07) is 12.4. The lowest BCUT2D eigenvalue weighted by atomic mass is 10.1. The molecule has 0 spiro atoms. The zero-order valence-corrected chi connectivity index (χ0v) is 20.5. The summed E-state index contributed by atoms with van der Waals surface area (Å²) in [6.45, 7) is 2.91. The third-order valence-electron chi connectivity index (χ3n) is 5.64. The molecule has 0 bridgehead atoms. The molecule has 7 nitrogen and oxygen atoms in total. The van der Waals surface area contributed by atoms with Gasteiger partial charge in [-0.3, -0.25) is 0 Å². The van der Waals surface area contributed by atoms with Crippen LogP contribution in [0.4, 0.5) is 11.4 Å². The molecule has 7 heteroatoms. The summed E-state index contributed by atoms with van der Waals surface area (Å²) < 4.78 is 11.0. The third-order valence-corrected chi connectivity index (χ3v) is 5.64. The molecule has 0 amide bonds. The maximum absolute atomic E-state index is 12.1. The molecule has 0 radical (unpaired) electrons. The first kappa shape index (κ1) is 26.0. The molecule has 0 atom stereocenters. The van der Waals surface area contributed by atoms with Gasteiger partial charge in [-0.1, -0.05) is 39.0 Å². The largest absolute Gasteiger partial charge is 0.493 e. The Morgan fingerprint density at radius 3 is 2.17 bits per heavy atom. The Balaban J connectivity index is 1.36. The van der Waals surface area contributed by atoms with E-state index in [4.69, 9.17) is 20.9 Å². The molecule has 2 aromatic carbocycles. The number of rotatable bonds is 14. The van der Waals surface area contributed by atoms with Gasteiger partial charge < -0.3 is 20.9 Å². The first-order valence-electron chi connectivity index (χ1n) is 12.4. The van der Waals surface area contributed by atoms with E-state index in [9.17, 15) is 4.79 Å². The van der Waals surface area contributed by atoms with Crippen LogP contribution in [0.1, 0.15) is 67.8 Å². The van der Waals surface area contributed by atoms with Crippen molar-refractivity contribution in [3.63, 3.8) is 0 Å². The van der Waals surface area contributed by atoms with Crippen LogP contribution >= 0.6 is 0 Å². The minimum absolute atomic E-state index is 0.241. The summed E-state index contributed by atoms with van der Waals surface area (Å²) in [6.07, 6.45) is 13.2. The first-order chi connectivity index (χ1) is 17.0. The normalized spacial score (nSPS) is 10.8. The van der Waals surface area contributed by atoms with E-state index < -0.39 is 5.97 Å². The number of nitrogen functional groups attached to an aromatic ring is 2. The molecule has 0 saturated carbocycles. The van der Waals surface area contributed by atoms with Gasteiger partial charge in [-0.25, -0.2) is 14.8 Å². The summed E-state index contributed by atoms with van der Waals surface area (Å²) in [4.78, 5) is 21.1. The summed E-state index contributed by atoms with van der Waals surface area (Å²) in [5.74, 6) is 0.993. The fourth-order valence-corrected chi connectivity index (χ4v) is 3.73. The predicted molar refractivity (Wildman–Crippen MR) is 140 cm³/mol. The molecule has 0 aliphatic carbocycles. The van der Waals surface area contributed by atoms with E-state index in [0.29, 0.717) is 35.8 Å². The minimum Gasteiger partial charge on any atom is -0.493 e. The Morgan fingerprint density at radius 2 is 1.49 bits per heavy atom. The van der Waals surface area contributed by atoms with Crippen molar-refractivity contribution in [3.8, 4) is 17.1 Å². The summed E-state index contributed by atoms with van der Waals surface area (Å²) >= 11 is 0. The number of carbonyl (C=O) groups is 1. The molecule has 35 heavy (non-hydrogen) atoms. The van der Waals surface area contributed by atoms with Crippen LogP contribution in [0.25, 0.3) is 11.4 Å². The van der Waals surface area contributed by atoms with Crippen LogP contribution in [0, 0.1) is 0 Å². The van der Waals surface area contributed by atoms with Gasteiger partial charge in [0.15, 0.2) is 5.82 Å². The fraction of sp³-hybridized carbons (Fsp3) is 0.393. The first-order valence-corrected chi connectivity index (χ1v) is 12.4. The predicted octanol–water partition coefficient (Wildman–Crippen LogP) is 5.84. The Hall–Kier alpha value is -3.61. The molecule has 186 valence electrons. The van der Waals surface area contributed by atoms with Crippen LogP contribution in [0.5, 0.6) is 5.75 Å². The number of nitrogens with two attached hydrogens (primary N) is 2. The van der Waals surface area contributed by atoms with Crippen molar-refractivity contribution < 1.29 is 14.3 Å². The number of hydrogen-bond donors (Lipinski definition) is 2. The van der Waals surface area contributed by atoms with Gasteiger partial charge in [0.1, 0.15) is 5.75 Å². The van der Waals surface area contributed by atoms with Crippen molar-refractivity contribution in [2.24, 2.45) is 0 Å². The van der Waals surface area contributed by atoms with Crippen LogP contribution in [0.15, 0.2) is 54.9 Å². The van der Waals surface area contributed by atoms with Crippen molar-refractivity contribution >= 4 is 17.3 Å². The molecule has 1 aromatic heterocycles. The number of nitrogens with zero attached hydrogens (tertiary/aromatic N) is 2. The molecule has 1 heterocycles. The fourth-order valence-electron chi connectivity index (χ4n) is 3.73. The van der Waals surface area contributed by atoms with Gasteiger partial charge in [0.05, 0.1) is 18.8 Å². The summed E-state index contributed by atoms with van der Waals surface area (Å²) in [5, 5.41) is 0. The second kappa shape index (κ2) is 13.9. The van der Waals surface area contributed by atoms with E-state index in [2.05, 4.69) is 16.9 Å². The van der Waals surface area contributed by atoms with Gasteiger partial charge in [0, 0.05) is 35.8 Å². The molecule has 3 aromatic rings. The Morgan fingerprint density at radius 1 is 0.829 bits per heavy atom. The third kappa shape index (κ3) is 8.92. The Kier molecular flexibility index (Phi) is 10.4. The summed E-state index contributed by atoms with van der Waals surface area (Å²) in [5.41, 5.74) is 14.8. The van der Waals surface area contributed by atoms with Crippen LogP contribution in [0.2, 0.25) is 0 Å². The van der Waals surface area contributed by atoms with E-state index in [1.165, 1.54) is 44.1 Å². The van der Waals surface area contributed by atoms with Crippen LogP contribution < -0.4 is 16.2 Å². The van der Waals surface area contributed by atoms with Gasteiger partial charge in [-0.15, -0.1) is 0 Å². The van der Waals surface area contributed by atoms with E-state index in [1.54, 1.807) is 18.2 Å². The molecule has 0 unspecified atom stereocenters. The highest BCUT2D eigenvalue weighted by Crippen LogP contribution is 2.20. The van der Waals surface area contributed by atoms with E-state index in [-0.39, 0.29) is 6.61 Å². The molecule has 0 aliphatic heterocycles. The number of esters is 1. The topological polar surface area (TPSA) is 113 Å². The highest BCUT2D eigenvalue weighted by Gasteiger charge is 2.09. The average molecular weight is 477 g/mol. The Bertz CT molecular complexity index is 1030. The monoisotopic (exact) mass is 476 g/mol. The van der Waals surface area contributed by atoms with Crippen LogP contribution in [-0.2, 0) is 11.2 Å². The van der Waals surface area contributed by atoms with Gasteiger partial charge in [-0.05, 0) is 60.9 Å². The molecular weight excluding hydrogens is 440 g/mol. The van der Waals surface area contributed by atoms with Gasteiger partial charge in [0.25, 0.3) is 0 Å². The molecule has 4 N–H and O–H groups in total. The van der Waals surface area contributed by atoms with Crippen molar-refractivity contribution in [1.29, 1.82) is 0 Å². The number of carbonyl (C=O) groups excluding carboxylic acids is 1. The maximum Gasteiger partial charge on any atom is 0.338 e. The number of aryl methyl sites for hydroxylation is 1. The minimum atomic E-state index is -0.452. The zero-order chi connectivity index (χ0) is 24.9. The molecule has 3 rings (SSSR count). The number of anilines is 2. The smallest absolute Gasteiger partial charge is 0.338 e. The van der Waals surface area contributed by atoms with Crippen molar-refractivity contribution in [3.05, 3.63) is 66.0 Å². The molecule has 0 aliphatic rings. The second-order valence-corrected chi connectivity index (χ2v) is 8.68. The highest BCUT2D eigenvalue weighted by atomic mass is 16.5. The number of ether oxygens (including phenoxy) is 2. The zero-order valence-electron chi connectivity index (χ0n) is 20.5. The maximum atomic E-state index is 12.1. The van der Waals surface area contributed by atoms with Crippen molar-refractivity contribution in [1.82, 2.24) is 9.97 Å². The lowest BCUT2D eigenvalue weighted by Crippen LogP contribution is -2.10. The van der Waals surface area contributed by atoms with Crippen molar-refractivity contribution in [2.45, 2.75) is 58.3 Å². The van der Waals surface area contributed by atoms with E-state index >= 15 is 0 Å². The summed E-state index contributed by atoms with van der Waals surface area (Å²) in [7, 11) is 0. The highest BCUT2D eigenvalue weighted by molar-refractivity contribution is 5.91. The van der Waals surface area contributed by atoms with Crippen LogP contribution in [-0.4, -0.2) is 29.2 Å². The number of aromatic nitrogens is 2. The molecular formula is C28H36N4O3. The molecule has 0 saturated heterocycles. The van der Waals surface area contributed by atoms with Crippen molar-refractivity contribution in [2.75, 3.05) is 24.7 Å². The lowest BCUT2D eigenvalue weighted by molar-refractivity contribution is 0.0486. The lowest BCUT2D eigenvalue weighted by Gasteiger charge is -2.09. The number of benzene rings is 2.